The Morgan fingerprint density at radius 1 is 1.26 bits per heavy atom. The Kier molecular flexibility index (Phi) is 4.42. The highest BCUT2D eigenvalue weighted by atomic mass is 32.2. The van der Waals surface area contributed by atoms with Crippen LogP contribution in [0, 0.1) is 5.41 Å². The van der Waals surface area contributed by atoms with Gasteiger partial charge in [-0.2, -0.15) is 0 Å². The zero-order valence-corrected chi connectivity index (χ0v) is 17.1. The van der Waals surface area contributed by atoms with E-state index in [1.165, 1.54) is 11.8 Å². The normalized spacial score (nSPS) is 25.4. The SMILES string of the molecule is CC(C)(C)C(=O)CSC1=N[C@@H]2CS(=O)(=O)C[C@@H]2N1c1ccc2c(c1)OCO2. The molecule has 0 N–H and O–H groups in total. The molecule has 0 spiro atoms. The van der Waals surface area contributed by atoms with Crippen molar-refractivity contribution < 1.29 is 22.7 Å². The van der Waals surface area contributed by atoms with Crippen molar-refractivity contribution in [2.45, 2.75) is 32.9 Å². The van der Waals surface area contributed by atoms with E-state index >= 15 is 0 Å². The Morgan fingerprint density at radius 2 is 2.00 bits per heavy atom. The van der Waals surface area contributed by atoms with Crippen molar-refractivity contribution in [1.29, 1.82) is 0 Å². The van der Waals surface area contributed by atoms with Crippen LogP contribution in [0.15, 0.2) is 23.2 Å². The molecule has 1 fully saturated rings. The second-order valence-electron chi connectivity index (χ2n) is 7.99. The summed E-state index contributed by atoms with van der Waals surface area (Å²) in [5.41, 5.74) is 0.382. The number of carbonyl (C=O) groups excluding carboxylic acids is 1. The van der Waals surface area contributed by atoms with Crippen LogP contribution in [0.1, 0.15) is 20.8 Å². The van der Waals surface area contributed by atoms with Crippen molar-refractivity contribution in [3.63, 3.8) is 0 Å². The second-order valence-corrected chi connectivity index (χ2v) is 11.1. The number of hydrogen-bond acceptors (Lipinski definition) is 8. The Morgan fingerprint density at radius 3 is 2.74 bits per heavy atom. The lowest BCUT2D eigenvalue weighted by atomic mass is 9.92. The third kappa shape index (κ3) is 3.54. The minimum atomic E-state index is -3.12. The summed E-state index contributed by atoms with van der Waals surface area (Å²) in [7, 11) is -3.12. The number of Topliss-reactive ketones (excluding diaryl/α,β-unsaturated/α-hetero) is 1. The summed E-state index contributed by atoms with van der Waals surface area (Å²) >= 11 is 1.37. The highest BCUT2D eigenvalue weighted by molar-refractivity contribution is 8.14. The van der Waals surface area contributed by atoms with Crippen LogP contribution in [-0.2, 0) is 14.6 Å². The van der Waals surface area contributed by atoms with Gasteiger partial charge in [0, 0.05) is 17.2 Å². The maximum Gasteiger partial charge on any atom is 0.231 e. The third-order valence-corrected chi connectivity index (χ3v) is 7.58. The average molecular weight is 411 g/mol. The van der Waals surface area contributed by atoms with Gasteiger partial charge in [0.1, 0.15) is 5.78 Å². The molecule has 0 aliphatic carbocycles. The number of ether oxygens (including phenoxy) is 2. The largest absolute Gasteiger partial charge is 0.454 e. The number of benzene rings is 1. The number of amidine groups is 1. The Bertz CT molecular complexity index is 920. The molecule has 0 aromatic heterocycles. The predicted octanol–water partition coefficient (Wildman–Crippen LogP) is 2.11. The van der Waals surface area contributed by atoms with E-state index < -0.39 is 15.3 Å². The molecule has 0 radical (unpaired) electrons. The zero-order valence-electron chi connectivity index (χ0n) is 15.5. The van der Waals surface area contributed by atoms with E-state index in [4.69, 9.17) is 9.47 Å². The molecule has 7 nitrogen and oxygen atoms in total. The van der Waals surface area contributed by atoms with E-state index in [2.05, 4.69) is 4.99 Å². The summed E-state index contributed by atoms with van der Waals surface area (Å²) in [5.74, 6) is 1.85. The van der Waals surface area contributed by atoms with Crippen LogP contribution in [0.5, 0.6) is 11.5 Å². The number of aliphatic imine (C=N–C) groups is 1. The molecule has 3 aliphatic heterocycles. The summed E-state index contributed by atoms with van der Waals surface area (Å²) in [4.78, 5) is 18.9. The molecular weight excluding hydrogens is 388 g/mol. The quantitative estimate of drug-likeness (QED) is 0.754. The number of sulfone groups is 1. The fourth-order valence-corrected chi connectivity index (χ4v) is 6.44. The maximum atomic E-state index is 12.3. The van der Waals surface area contributed by atoms with E-state index in [-0.39, 0.29) is 36.2 Å². The number of carbonyl (C=O) groups is 1. The van der Waals surface area contributed by atoms with Crippen LogP contribution >= 0.6 is 11.8 Å². The van der Waals surface area contributed by atoms with E-state index in [1.807, 2.05) is 43.9 Å². The molecule has 27 heavy (non-hydrogen) atoms. The fraction of sp³-hybridized carbons (Fsp3) is 0.556. The van der Waals surface area contributed by atoms with Gasteiger partial charge < -0.3 is 14.4 Å². The van der Waals surface area contributed by atoms with Crippen LogP contribution in [0.2, 0.25) is 0 Å². The first-order valence-corrected chi connectivity index (χ1v) is 11.6. The van der Waals surface area contributed by atoms with Crippen LogP contribution in [0.25, 0.3) is 0 Å². The molecule has 3 aliphatic rings. The zero-order chi connectivity index (χ0) is 19.4. The summed E-state index contributed by atoms with van der Waals surface area (Å²) in [5, 5.41) is 0.691. The van der Waals surface area contributed by atoms with Gasteiger partial charge >= 0.3 is 0 Å². The van der Waals surface area contributed by atoms with Crippen LogP contribution in [0.4, 0.5) is 5.69 Å². The van der Waals surface area contributed by atoms with E-state index in [0.29, 0.717) is 22.4 Å². The van der Waals surface area contributed by atoms with Crippen molar-refractivity contribution in [3.8, 4) is 11.5 Å². The number of rotatable bonds is 3. The number of nitrogens with zero attached hydrogens (tertiary/aromatic N) is 2. The number of anilines is 1. The minimum absolute atomic E-state index is 0.0516. The van der Waals surface area contributed by atoms with Gasteiger partial charge in [-0.15, -0.1) is 0 Å². The smallest absolute Gasteiger partial charge is 0.231 e. The summed E-state index contributed by atoms with van der Waals surface area (Å²) < 4.78 is 35.0. The van der Waals surface area contributed by atoms with Crippen molar-refractivity contribution in [2.24, 2.45) is 10.4 Å². The van der Waals surface area contributed by atoms with Gasteiger partial charge in [-0.25, -0.2) is 8.42 Å². The molecule has 0 unspecified atom stereocenters. The predicted molar refractivity (Wildman–Crippen MR) is 106 cm³/mol. The van der Waals surface area contributed by atoms with Crippen molar-refractivity contribution in [2.75, 3.05) is 29.0 Å². The van der Waals surface area contributed by atoms with Crippen LogP contribution in [-0.4, -0.2) is 55.5 Å². The number of fused-ring (bicyclic) bond motifs is 2. The first-order valence-electron chi connectivity index (χ1n) is 8.77. The molecule has 0 saturated carbocycles. The molecule has 1 aromatic carbocycles. The highest BCUT2D eigenvalue weighted by Gasteiger charge is 2.47. The van der Waals surface area contributed by atoms with Gasteiger partial charge in [0.2, 0.25) is 6.79 Å². The summed E-state index contributed by atoms with van der Waals surface area (Å²) in [6.07, 6.45) is 0. The lowest BCUT2D eigenvalue weighted by Gasteiger charge is -2.27. The number of thioether (sulfide) groups is 1. The van der Waals surface area contributed by atoms with E-state index in [1.54, 1.807) is 0 Å². The summed E-state index contributed by atoms with van der Waals surface area (Å²) in [6.45, 7) is 5.85. The van der Waals surface area contributed by atoms with Crippen molar-refractivity contribution >= 4 is 38.2 Å². The number of ketones is 1. The molecule has 146 valence electrons. The van der Waals surface area contributed by atoms with Gasteiger partial charge in [0.15, 0.2) is 26.5 Å². The number of hydrogen-bond donors (Lipinski definition) is 0. The van der Waals surface area contributed by atoms with Gasteiger partial charge in [-0.3, -0.25) is 9.79 Å². The van der Waals surface area contributed by atoms with Crippen molar-refractivity contribution in [1.82, 2.24) is 0 Å². The monoisotopic (exact) mass is 410 g/mol. The molecule has 1 aromatic rings. The Balaban J connectivity index is 1.63. The molecule has 9 heteroatoms. The van der Waals surface area contributed by atoms with Crippen molar-refractivity contribution in [3.05, 3.63) is 18.2 Å². The summed E-state index contributed by atoms with van der Waals surface area (Å²) in [6, 6.07) is 4.99. The lowest BCUT2D eigenvalue weighted by molar-refractivity contribution is -0.123. The highest BCUT2D eigenvalue weighted by Crippen LogP contribution is 2.40. The molecule has 1 saturated heterocycles. The van der Waals surface area contributed by atoms with Gasteiger partial charge in [-0.05, 0) is 12.1 Å². The average Bonchev–Trinajstić information content (AvgIpc) is 3.22. The fourth-order valence-electron chi connectivity index (χ4n) is 3.32. The lowest BCUT2D eigenvalue weighted by Crippen LogP contribution is -2.39. The van der Waals surface area contributed by atoms with E-state index in [9.17, 15) is 13.2 Å². The molecule has 0 amide bonds. The molecule has 2 atom stereocenters. The molecule has 4 rings (SSSR count). The first kappa shape index (κ1) is 18.6. The van der Waals surface area contributed by atoms with E-state index in [0.717, 1.165) is 5.69 Å². The Labute approximate surface area is 163 Å². The topological polar surface area (TPSA) is 85.3 Å². The standard InChI is InChI=1S/C18H22N2O5S2/c1-18(2,3)16(21)7-26-17-19-12-8-27(22,23)9-13(12)20(17)11-4-5-14-15(6-11)25-10-24-14/h4-6,12-13H,7-10H2,1-3H3/t12-,13+/m1/s1. The maximum absolute atomic E-state index is 12.3. The van der Waals surface area contributed by atoms with Crippen LogP contribution < -0.4 is 14.4 Å². The van der Waals surface area contributed by atoms with Gasteiger partial charge in [0.25, 0.3) is 0 Å². The first-order chi connectivity index (χ1) is 12.6. The minimum Gasteiger partial charge on any atom is -0.454 e. The molecule has 3 heterocycles. The molecular formula is C18H22N2O5S2. The Hall–Kier alpha value is -1.74. The second kappa shape index (κ2) is 6.41. The van der Waals surface area contributed by atoms with Gasteiger partial charge in [0.05, 0.1) is 29.3 Å². The third-order valence-electron chi connectivity index (χ3n) is 4.91. The van der Waals surface area contributed by atoms with Crippen LogP contribution in [0.3, 0.4) is 0 Å². The van der Waals surface area contributed by atoms with Gasteiger partial charge in [-0.1, -0.05) is 32.5 Å². The molecule has 0 bridgehead atoms.